The Morgan fingerprint density at radius 2 is 1.02 bits per heavy atom. The second kappa shape index (κ2) is 19.1. The highest BCUT2D eigenvalue weighted by Crippen LogP contribution is 2.28. The number of anilines is 2. The molecule has 6 aromatic rings. The zero-order chi connectivity index (χ0) is 38.0. The predicted octanol–water partition coefficient (Wildman–Crippen LogP) is 8.59. The standard InChI is InChI=1S/C21H23ClN4OS.C20H20ClFN4S/c1-27-19-5-3-2-4-16(19)10-11-25-12-14-26(15-13-25)21-23-20(24-28-21)17-6-8-18(22)9-7-17;21-17-7-5-16(6-8-17)19-23-20(27-24-19)26-13-11-25(12-14-26)10-9-15-3-1-2-4-18(15)22/h2-9H,10-15H2,1H3;1-8H,9-14H2. The maximum atomic E-state index is 13.7. The molecular formula is C41H43Cl2FN8OS2. The smallest absolute Gasteiger partial charge is 0.205 e. The van der Waals surface area contributed by atoms with Gasteiger partial charge >= 0.3 is 0 Å². The molecule has 0 amide bonds. The average Bonchev–Trinajstić information content (AvgIpc) is 3.93. The molecule has 0 atom stereocenters. The summed E-state index contributed by atoms with van der Waals surface area (Å²) in [4.78, 5) is 18.9. The third-order valence-electron chi connectivity index (χ3n) is 9.87. The fourth-order valence-corrected chi connectivity index (χ4v) is 8.34. The quantitative estimate of drug-likeness (QED) is 0.128. The first-order valence-electron chi connectivity index (χ1n) is 18.4. The number of ether oxygens (including phenoxy) is 1. The maximum Gasteiger partial charge on any atom is 0.205 e. The van der Waals surface area contributed by atoms with E-state index in [0.29, 0.717) is 5.02 Å². The number of nitrogens with zero attached hydrogens (tertiary/aromatic N) is 8. The Bertz CT molecular complexity index is 2100. The predicted molar refractivity (Wildman–Crippen MR) is 225 cm³/mol. The van der Waals surface area contributed by atoms with Crippen LogP contribution >= 0.6 is 46.3 Å². The molecule has 14 heteroatoms. The van der Waals surface area contributed by atoms with Crippen molar-refractivity contribution < 1.29 is 9.13 Å². The first-order valence-corrected chi connectivity index (χ1v) is 20.7. The van der Waals surface area contributed by atoms with Gasteiger partial charge in [0.25, 0.3) is 0 Å². The van der Waals surface area contributed by atoms with Gasteiger partial charge in [-0.2, -0.15) is 18.7 Å². The van der Waals surface area contributed by atoms with Crippen molar-refractivity contribution >= 4 is 56.5 Å². The number of methoxy groups -OCH3 is 1. The van der Waals surface area contributed by atoms with Gasteiger partial charge in [0.15, 0.2) is 11.6 Å². The fraction of sp³-hybridized carbons (Fsp3) is 0.317. The van der Waals surface area contributed by atoms with Crippen molar-refractivity contribution in [1.29, 1.82) is 0 Å². The largest absolute Gasteiger partial charge is 0.496 e. The first kappa shape index (κ1) is 39.1. The molecule has 0 spiro atoms. The van der Waals surface area contributed by atoms with E-state index < -0.39 is 0 Å². The van der Waals surface area contributed by atoms with Crippen LogP contribution in [-0.4, -0.2) is 101 Å². The minimum atomic E-state index is -0.111. The summed E-state index contributed by atoms with van der Waals surface area (Å²) < 4.78 is 28.2. The van der Waals surface area contributed by atoms with Crippen molar-refractivity contribution in [3.63, 3.8) is 0 Å². The van der Waals surface area contributed by atoms with Crippen LogP contribution in [0.3, 0.4) is 0 Å². The Hall–Kier alpha value is -4.17. The molecule has 0 saturated carbocycles. The lowest BCUT2D eigenvalue weighted by atomic mass is 10.1. The summed E-state index contributed by atoms with van der Waals surface area (Å²) in [5.74, 6) is 2.38. The first-order chi connectivity index (χ1) is 26.9. The van der Waals surface area contributed by atoms with E-state index in [2.05, 4.69) is 45.5 Å². The summed E-state index contributed by atoms with van der Waals surface area (Å²) in [6.07, 6.45) is 1.75. The second-order valence-corrected chi connectivity index (χ2v) is 15.7. The topological polar surface area (TPSA) is 73.8 Å². The highest BCUT2D eigenvalue weighted by molar-refractivity contribution is 7.10. The Balaban J connectivity index is 0.000000169. The van der Waals surface area contributed by atoms with E-state index in [1.165, 1.54) is 34.7 Å². The molecule has 286 valence electrons. The molecule has 2 aromatic heterocycles. The molecular weight excluding hydrogens is 775 g/mol. The van der Waals surface area contributed by atoms with E-state index >= 15 is 0 Å². The minimum Gasteiger partial charge on any atom is -0.496 e. The number of hydrogen-bond acceptors (Lipinski definition) is 11. The number of halogens is 3. The van der Waals surface area contributed by atoms with Crippen LogP contribution in [-0.2, 0) is 12.8 Å². The third-order valence-corrected chi connectivity index (χ3v) is 11.9. The summed E-state index contributed by atoms with van der Waals surface area (Å²) in [7, 11) is 1.73. The molecule has 2 aliphatic heterocycles. The monoisotopic (exact) mass is 816 g/mol. The van der Waals surface area contributed by atoms with Gasteiger partial charge in [0.2, 0.25) is 10.3 Å². The Labute approximate surface area is 340 Å². The van der Waals surface area contributed by atoms with Crippen LogP contribution in [0.15, 0.2) is 97.1 Å². The highest BCUT2D eigenvalue weighted by Gasteiger charge is 2.22. The Morgan fingerprint density at radius 1 is 0.582 bits per heavy atom. The summed E-state index contributed by atoms with van der Waals surface area (Å²) in [5.41, 5.74) is 4.04. The van der Waals surface area contributed by atoms with Gasteiger partial charge in [-0.3, -0.25) is 9.80 Å². The molecule has 2 saturated heterocycles. The Morgan fingerprint density at radius 3 is 1.49 bits per heavy atom. The molecule has 0 aliphatic carbocycles. The number of para-hydroxylation sites is 1. The summed E-state index contributed by atoms with van der Waals surface area (Å²) in [5, 5.41) is 3.38. The fourth-order valence-electron chi connectivity index (χ4n) is 6.61. The number of rotatable bonds is 11. The van der Waals surface area contributed by atoms with Gasteiger partial charge in [-0.1, -0.05) is 59.6 Å². The third kappa shape index (κ3) is 10.6. The van der Waals surface area contributed by atoms with Gasteiger partial charge in [0.1, 0.15) is 11.6 Å². The molecule has 55 heavy (non-hydrogen) atoms. The Kier molecular flexibility index (Phi) is 13.6. The van der Waals surface area contributed by atoms with Crippen LogP contribution in [0.4, 0.5) is 14.7 Å². The van der Waals surface area contributed by atoms with E-state index in [1.807, 2.05) is 72.8 Å². The van der Waals surface area contributed by atoms with Crippen LogP contribution in [0, 0.1) is 5.82 Å². The van der Waals surface area contributed by atoms with E-state index in [4.69, 9.17) is 32.9 Å². The van der Waals surface area contributed by atoms with Crippen LogP contribution in [0.5, 0.6) is 5.75 Å². The maximum absolute atomic E-state index is 13.7. The normalized spacial score (nSPS) is 15.1. The van der Waals surface area contributed by atoms with E-state index in [1.54, 1.807) is 13.2 Å². The molecule has 2 aliphatic rings. The van der Waals surface area contributed by atoms with Gasteiger partial charge < -0.3 is 14.5 Å². The molecule has 8 rings (SSSR count). The van der Waals surface area contributed by atoms with Crippen molar-refractivity contribution in [3.05, 3.63) is 124 Å². The summed E-state index contributed by atoms with van der Waals surface area (Å²) >= 11 is 14.8. The van der Waals surface area contributed by atoms with E-state index in [0.717, 1.165) is 128 Å². The molecule has 4 heterocycles. The molecule has 4 aromatic carbocycles. The van der Waals surface area contributed by atoms with Gasteiger partial charge in [-0.05, 0) is 84.6 Å². The second-order valence-electron chi connectivity index (χ2n) is 13.4. The number of benzene rings is 4. The van der Waals surface area contributed by atoms with Gasteiger partial charge in [-0.15, -0.1) is 0 Å². The van der Waals surface area contributed by atoms with Crippen LogP contribution < -0.4 is 14.5 Å². The molecule has 0 N–H and O–H groups in total. The van der Waals surface area contributed by atoms with Crippen molar-refractivity contribution in [3.8, 4) is 28.5 Å². The number of aromatic nitrogens is 4. The molecule has 0 unspecified atom stereocenters. The lowest BCUT2D eigenvalue weighted by Gasteiger charge is -2.34. The van der Waals surface area contributed by atoms with Crippen LogP contribution in [0.2, 0.25) is 10.0 Å². The van der Waals surface area contributed by atoms with E-state index in [9.17, 15) is 4.39 Å². The SMILES string of the molecule is COc1ccccc1CCN1CCN(c2nc(-c3ccc(Cl)cc3)ns2)CC1.Fc1ccccc1CCN1CCN(c2nc(-c3ccc(Cl)cc3)ns2)CC1. The lowest BCUT2D eigenvalue weighted by molar-refractivity contribution is 0.260. The zero-order valence-electron chi connectivity index (χ0n) is 30.7. The number of hydrogen-bond donors (Lipinski definition) is 0. The molecule has 2 fully saturated rings. The summed E-state index contributed by atoms with van der Waals surface area (Å²) in [6, 6.07) is 30.5. The van der Waals surface area contributed by atoms with Gasteiger partial charge in [0, 0.05) is 110 Å². The van der Waals surface area contributed by atoms with E-state index in [-0.39, 0.29) is 5.82 Å². The van der Waals surface area contributed by atoms with Crippen molar-refractivity contribution in [2.45, 2.75) is 12.8 Å². The molecule has 9 nitrogen and oxygen atoms in total. The number of piperazine rings is 2. The van der Waals surface area contributed by atoms with Crippen LogP contribution in [0.1, 0.15) is 11.1 Å². The van der Waals surface area contributed by atoms with Crippen molar-refractivity contribution in [2.24, 2.45) is 0 Å². The molecule has 0 bridgehead atoms. The highest BCUT2D eigenvalue weighted by atomic mass is 35.5. The minimum absolute atomic E-state index is 0.111. The average molecular weight is 818 g/mol. The van der Waals surface area contributed by atoms with Crippen LogP contribution in [0.25, 0.3) is 22.8 Å². The van der Waals surface area contributed by atoms with Gasteiger partial charge in [-0.25, -0.2) is 4.39 Å². The molecule has 0 radical (unpaired) electrons. The van der Waals surface area contributed by atoms with Crippen molar-refractivity contribution in [1.82, 2.24) is 28.5 Å². The summed E-state index contributed by atoms with van der Waals surface area (Å²) in [6.45, 7) is 9.65. The van der Waals surface area contributed by atoms with Crippen molar-refractivity contribution in [2.75, 3.05) is 82.4 Å². The zero-order valence-corrected chi connectivity index (χ0v) is 33.8. The lowest BCUT2D eigenvalue weighted by Crippen LogP contribution is -2.47. The van der Waals surface area contributed by atoms with Gasteiger partial charge in [0.05, 0.1) is 7.11 Å².